The standard InChI is InChI=1S/C27H19N5O3/c33-27(29-28-18-20-10-5-7-16-25(20)32(34)35)24-17-26(31(30-24)21-12-2-1-3-13-21)23-15-8-11-19-9-4-6-14-22(19)23/h1-18H,(H,29,33)/b28-18-. The molecule has 170 valence electrons. The molecular weight excluding hydrogens is 442 g/mol. The maximum atomic E-state index is 12.9. The van der Waals surface area contributed by atoms with Crippen LogP contribution in [0.5, 0.6) is 0 Å². The molecule has 1 heterocycles. The van der Waals surface area contributed by atoms with E-state index in [9.17, 15) is 14.9 Å². The Labute approximate surface area is 200 Å². The fourth-order valence-electron chi connectivity index (χ4n) is 3.88. The van der Waals surface area contributed by atoms with Crippen molar-refractivity contribution in [1.82, 2.24) is 15.2 Å². The van der Waals surface area contributed by atoms with Crippen molar-refractivity contribution in [3.8, 4) is 16.9 Å². The SMILES string of the molecule is O=C(N/N=C\c1ccccc1[N+](=O)[O-])c1cc(-c2cccc3ccccc23)n(-c2ccccc2)n1. The first-order valence-corrected chi connectivity index (χ1v) is 10.8. The predicted molar refractivity (Wildman–Crippen MR) is 135 cm³/mol. The second-order valence-corrected chi connectivity index (χ2v) is 7.70. The van der Waals surface area contributed by atoms with Gasteiger partial charge in [-0.3, -0.25) is 14.9 Å². The van der Waals surface area contributed by atoms with Gasteiger partial charge < -0.3 is 0 Å². The third-order valence-corrected chi connectivity index (χ3v) is 5.51. The lowest BCUT2D eigenvalue weighted by Crippen LogP contribution is -2.18. The number of hydrogen-bond acceptors (Lipinski definition) is 5. The minimum atomic E-state index is -0.531. The van der Waals surface area contributed by atoms with Crippen LogP contribution in [0.4, 0.5) is 5.69 Å². The summed E-state index contributed by atoms with van der Waals surface area (Å²) in [6.07, 6.45) is 1.25. The Hall–Kier alpha value is -5.11. The number of hydrazone groups is 1. The van der Waals surface area contributed by atoms with Gasteiger partial charge in [-0.1, -0.05) is 72.8 Å². The van der Waals surface area contributed by atoms with E-state index in [1.54, 1.807) is 28.9 Å². The molecule has 4 aromatic carbocycles. The summed E-state index contributed by atoms with van der Waals surface area (Å²) in [5, 5.41) is 21.8. The van der Waals surface area contributed by atoms with Crippen LogP contribution in [-0.4, -0.2) is 26.8 Å². The quantitative estimate of drug-likeness (QED) is 0.209. The zero-order chi connectivity index (χ0) is 24.2. The topological polar surface area (TPSA) is 102 Å². The highest BCUT2D eigenvalue weighted by Gasteiger charge is 2.18. The van der Waals surface area contributed by atoms with Crippen LogP contribution in [0.15, 0.2) is 108 Å². The van der Waals surface area contributed by atoms with E-state index in [2.05, 4.69) is 15.6 Å². The lowest BCUT2D eigenvalue weighted by Gasteiger charge is -2.10. The Morgan fingerprint density at radius 1 is 0.914 bits per heavy atom. The van der Waals surface area contributed by atoms with Gasteiger partial charge in [-0.05, 0) is 35.0 Å². The van der Waals surface area contributed by atoms with E-state index in [-0.39, 0.29) is 16.9 Å². The molecule has 0 saturated heterocycles. The fraction of sp³-hybridized carbons (Fsp3) is 0. The molecule has 1 aromatic heterocycles. The molecule has 0 unspecified atom stereocenters. The summed E-state index contributed by atoms with van der Waals surface area (Å²) in [4.78, 5) is 23.6. The number of fused-ring (bicyclic) bond motifs is 1. The van der Waals surface area contributed by atoms with Crippen molar-refractivity contribution in [2.45, 2.75) is 0 Å². The molecular formula is C27H19N5O3. The lowest BCUT2D eigenvalue weighted by molar-refractivity contribution is -0.385. The first kappa shape index (κ1) is 21.7. The average Bonchev–Trinajstić information content (AvgIpc) is 3.34. The Morgan fingerprint density at radius 3 is 2.46 bits per heavy atom. The van der Waals surface area contributed by atoms with Crippen molar-refractivity contribution < 1.29 is 9.72 Å². The number of hydrogen-bond donors (Lipinski definition) is 1. The molecule has 8 heteroatoms. The number of nitrogens with zero attached hydrogens (tertiary/aromatic N) is 4. The van der Waals surface area contributed by atoms with E-state index < -0.39 is 10.8 Å². The van der Waals surface area contributed by atoms with Gasteiger partial charge in [-0.2, -0.15) is 10.2 Å². The lowest BCUT2D eigenvalue weighted by atomic mass is 10.0. The number of nitrogens with one attached hydrogen (secondary N) is 1. The van der Waals surface area contributed by atoms with Gasteiger partial charge in [-0.15, -0.1) is 0 Å². The van der Waals surface area contributed by atoms with Gasteiger partial charge in [0.25, 0.3) is 11.6 Å². The third kappa shape index (κ3) is 4.40. The fourth-order valence-corrected chi connectivity index (χ4v) is 3.88. The largest absolute Gasteiger partial charge is 0.291 e. The monoisotopic (exact) mass is 461 g/mol. The van der Waals surface area contributed by atoms with Crippen LogP contribution >= 0.6 is 0 Å². The summed E-state index contributed by atoms with van der Waals surface area (Å²) in [5.74, 6) is -0.531. The highest BCUT2D eigenvalue weighted by atomic mass is 16.6. The highest BCUT2D eigenvalue weighted by molar-refractivity contribution is 5.99. The first-order valence-electron chi connectivity index (χ1n) is 10.8. The second-order valence-electron chi connectivity index (χ2n) is 7.70. The van der Waals surface area contributed by atoms with Gasteiger partial charge in [0.15, 0.2) is 5.69 Å². The van der Waals surface area contributed by atoms with Gasteiger partial charge in [0, 0.05) is 11.6 Å². The molecule has 1 N–H and O–H groups in total. The Kier molecular flexibility index (Phi) is 5.83. The van der Waals surface area contributed by atoms with Crippen LogP contribution in [0.2, 0.25) is 0 Å². The molecule has 0 saturated carbocycles. The first-order chi connectivity index (χ1) is 17.1. The van der Waals surface area contributed by atoms with Crippen molar-refractivity contribution in [2.24, 2.45) is 5.10 Å². The molecule has 0 aliphatic carbocycles. The maximum absolute atomic E-state index is 12.9. The van der Waals surface area contributed by atoms with Gasteiger partial charge in [-0.25, -0.2) is 10.1 Å². The van der Waals surface area contributed by atoms with Crippen molar-refractivity contribution in [3.05, 3.63) is 124 Å². The maximum Gasteiger partial charge on any atom is 0.291 e. The summed E-state index contributed by atoms with van der Waals surface area (Å²) < 4.78 is 1.72. The zero-order valence-corrected chi connectivity index (χ0v) is 18.4. The Bertz CT molecular complexity index is 1570. The molecule has 5 aromatic rings. The number of carbonyl (C=O) groups is 1. The number of nitro benzene ring substituents is 1. The van der Waals surface area contributed by atoms with Crippen molar-refractivity contribution in [3.63, 3.8) is 0 Å². The number of aromatic nitrogens is 2. The summed E-state index contributed by atoms with van der Waals surface area (Å²) in [5.41, 5.74) is 5.26. The van der Waals surface area contributed by atoms with E-state index in [4.69, 9.17) is 0 Å². The number of amides is 1. The van der Waals surface area contributed by atoms with Gasteiger partial charge in [0.05, 0.1) is 28.1 Å². The number of rotatable bonds is 6. The van der Waals surface area contributed by atoms with Crippen molar-refractivity contribution >= 4 is 28.6 Å². The molecule has 5 rings (SSSR count). The molecule has 8 nitrogen and oxygen atoms in total. The highest BCUT2D eigenvalue weighted by Crippen LogP contribution is 2.31. The molecule has 35 heavy (non-hydrogen) atoms. The van der Waals surface area contributed by atoms with E-state index >= 15 is 0 Å². The molecule has 0 atom stereocenters. The van der Waals surface area contributed by atoms with E-state index in [0.29, 0.717) is 0 Å². The zero-order valence-electron chi connectivity index (χ0n) is 18.4. The minimum Gasteiger partial charge on any atom is -0.265 e. The molecule has 0 spiro atoms. The molecule has 1 amide bonds. The predicted octanol–water partition coefficient (Wildman–Crippen LogP) is 5.36. The Morgan fingerprint density at radius 2 is 1.63 bits per heavy atom. The Balaban J connectivity index is 1.52. The van der Waals surface area contributed by atoms with Crippen LogP contribution in [-0.2, 0) is 0 Å². The van der Waals surface area contributed by atoms with Crippen LogP contribution < -0.4 is 5.43 Å². The summed E-state index contributed by atoms with van der Waals surface area (Å²) >= 11 is 0. The van der Waals surface area contributed by atoms with Crippen LogP contribution in [0.3, 0.4) is 0 Å². The minimum absolute atomic E-state index is 0.0999. The molecule has 0 aliphatic heterocycles. The molecule has 0 radical (unpaired) electrons. The molecule has 0 fully saturated rings. The third-order valence-electron chi connectivity index (χ3n) is 5.51. The number of nitro groups is 1. The van der Waals surface area contributed by atoms with E-state index in [0.717, 1.165) is 27.7 Å². The van der Waals surface area contributed by atoms with Crippen LogP contribution in [0.25, 0.3) is 27.7 Å². The average molecular weight is 461 g/mol. The van der Waals surface area contributed by atoms with Gasteiger partial charge >= 0.3 is 0 Å². The summed E-state index contributed by atoms with van der Waals surface area (Å²) in [7, 11) is 0. The van der Waals surface area contributed by atoms with Crippen LogP contribution in [0, 0.1) is 10.1 Å². The van der Waals surface area contributed by atoms with E-state index in [1.807, 2.05) is 72.8 Å². The van der Waals surface area contributed by atoms with Crippen molar-refractivity contribution in [1.29, 1.82) is 0 Å². The number of para-hydroxylation sites is 2. The van der Waals surface area contributed by atoms with Crippen molar-refractivity contribution in [2.75, 3.05) is 0 Å². The smallest absolute Gasteiger partial charge is 0.265 e. The van der Waals surface area contributed by atoms with Gasteiger partial charge in [0.2, 0.25) is 0 Å². The molecule has 0 bridgehead atoms. The van der Waals surface area contributed by atoms with Crippen LogP contribution in [0.1, 0.15) is 16.1 Å². The number of carbonyl (C=O) groups excluding carboxylic acids is 1. The normalized spacial score (nSPS) is 11.1. The molecule has 0 aliphatic rings. The number of benzene rings is 4. The van der Waals surface area contributed by atoms with E-state index in [1.165, 1.54) is 12.3 Å². The van der Waals surface area contributed by atoms with Gasteiger partial charge in [0.1, 0.15) is 0 Å². The summed E-state index contributed by atoms with van der Waals surface area (Å²) in [6.45, 7) is 0. The second kappa shape index (κ2) is 9.40. The summed E-state index contributed by atoms with van der Waals surface area (Å²) in [6, 6.07) is 31.4.